The molecule has 1 heterocycles. The molecule has 0 aliphatic carbocycles. The fourth-order valence-corrected chi connectivity index (χ4v) is 3.78. The summed E-state index contributed by atoms with van der Waals surface area (Å²) in [7, 11) is 3.27. The number of benzene rings is 2. The molecule has 5 heteroatoms. The zero-order chi connectivity index (χ0) is 16.2. The Morgan fingerprint density at radius 1 is 1.00 bits per heavy atom. The van der Waals surface area contributed by atoms with E-state index in [1.165, 1.54) is 5.56 Å². The highest BCUT2D eigenvalue weighted by Crippen LogP contribution is 2.38. The van der Waals surface area contributed by atoms with Gasteiger partial charge in [0.2, 0.25) is 0 Å². The standard InChI is InChI=1S/C18H17NO2S2/c1-20-15-9-8-13(10-16(15)21-2)14-11-17(23-18(22)19-14)12-6-4-3-5-7-12/h3-11,17H,1-2H3,(H,19,22). The molecule has 118 valence electrons. The van der Waals surface area contributed by atoms with E-state index in [1.807, 2.05) is 36.4 Å². The molecule has 3 rings (SSSR count). The minimum Gasteiger partial charge on any atom is -0.493 e. The monoisotopic (exact) mass is 343 g/mol. The van der Waals surface area contributed by atoms with Crippen LogP contribution in [0.4, 0.5) is 0 Å². The van der Waals surface area contributed by atoms with Crippen molar-refractivity contribution < 1.29 is 9.47 Å². The van der Waals surface area contributed by atoms with E-state index in [0.717, 1.165) is 15.6 Å². The van der Waals surface area contributed by atoms with Crippen molar-refractivity contribution in [2.24, 2.45) is 0 Å². The van der Waals surface area contributed by atoms with Crippen LogP contribution < -0.4 is 14.8 Å². The molecule has 0 aromatic heterocycles. The third kappa shape index (κ3) is 3.51. The third-order valence-electron chi connectivity index (χ3n) is 3.61. The van der Waals surface area contributed by atoms with Gasteiger partial charge in [-0.3, -0.25) is 0 Å². The Labute approximate surface area is 145 Å². The fourth-order valence-electron chi connectivity index (χ4n) is 2.46. The number of nitrogens with one attached hydrogen (secondary N) is 1. The Morgan fingerprint density at radius 2 is 1.74 bits per heavy atom. The van der Waals surface area contributed by atoms with E-state index in [0.29, 0.717) is 11.5 Å². The smallest absolute Gasteiger partial charge is 0.161 e. The van der Waals surface area contributed by atoms with Crippen molar-refractivity contribution in [3.05, 3.63) is 65.7 Å². The average Bonchev–Trinajstić information content (AvgIpc) is 2.61. The van der Waals surface area contributed by atoms with Gasteiger partial charge < -0.3 is 14.8 Å². The molecule has 1 aliphatic heterocycles. The summed E-state index contributed by atoms with van der Waals surface area (Å²) in [5.74, 6) is 1.41. The van der Waals surface area contributed by atoms with Gasteiger partial charge in [-0.05, 0) is 29.8 Å². The van der Waals surface area contributed by atoms with Gasteiger partial charge in [-0.2, -0.15) is 0 Å². The van der Waals surface area contributed by atoms with Crippen LogP contribution >= 0.6 is 24.0 Å². The zero-order valence-corrected chi connectivity index (χ0v) is 14.5. The van der Waals surface area contributed by atoms with Gasteiger partial charge in [0, 0.05) is 11.3 Å². The predicted molar refractivity (Wildman–Crippen MR) is 100 cm³/mol. The van der Waals surface area contributed by atoms with Crippen molar-refractivity contribution >= 4 is 34.0 Å². The second-order valence-electron chi connectivity index (χ2n) is 5.01. The highest BCUT2D eigenvalue weighted by Gasteiger charge is 2.20. The zero-order valence-electron chi connectivity index (χ0n) is 12.9. The van der Waals surface area contributed by atoms with Crippen molar-refractivity contribution in [3.63, 3.8) is 0 Å². The second-order valence-corrected chi connectivity index (χ2v) is 6.83. The Balaban J connectivity index is 1.97. The van der Waals surface area contributed by atoms with Crippen LogP contribution in [0.2, 0.25) is 0 Å². The summed E-state index contributed by atoms with van der Waals surface area (Å²) in [5, 5.41) is 3.48. The average molecular weight is 343 g/mol. The Kier molecular flexibility index (Phi) is 4.88. The minimum absolute atomic E-state index is 0.202. The molecule has 0 amide bonds. The summed E-state index contributed by atoms with van der Waals surface area (Å²) in [5.41, 5.74) is 3.24. The molecular formula is C18H17NO2S2. The molecule has 1 aliphatic rings. The first-order chi connectivity index (χ1) is 11.2. The maximum Gasteiger partial charge on any atom is 0.161 e. The van der Waals surface area contributed by atoms with Gasteiger partial charge in [0.15, 0.2) is 11.5 Å². The summed E-state index contributed by atoms with van der Waals surface area (Å²) < 4.78 is 11.5. The number of thiocarbonyl (C=S) groups is 1. The largest absolute Gasteiger partial charge is 0.493 e. The van der Waals surface area contributed by atoms with Crippen LogP contribution in [0, 0.1) is 0 Å². The summed E-state index contributed by atoms with van der Waals surface area (Å²) in [4.78, 5) is 0. The Morgan fingerprint density at radius 3 is 2.43 bits per heavy atom. The Bertz CT molecular complexity index is 744. The van der Waals surface area contributed by atoms with Gasteiger partial charge >= 0.3 is 0 Å². The summed E-state index contributed by atoms with van der Waals surface area (Å²) in [6.07, 6.45) is 2.19. The number of hydrogen-bond acceptors (Lipinski definition) is 4. The highest BCUT2D eigenvalue weighted by atomic mass is 32.2. The van der Waals surface area contributed by atoms with E-state index >= 15 is 0 Å². The molecule has 2 aromatic rings. The summed E-state index contributed by atoms with van der Waals surface area (Å²) in [6.45, 7) is 0. The van der Waals surface area contributed by atoms with Crippen LogP contribution in [0.25, 0.3) is 5.70 Å². The van der Waals surface area contributed by atoms with Gasteiger partial charge in [0.05, 0.1) is 19.5 Å². The van der Waals surface area contributed by atoms with E-state index in [9.17, 15) is 0 Å². The molecule has 1 atom stereocenters. The maximum atomic E-state index is 5.42. The molecular weight excluding hydrogens is 326 g/mol. The molecule has 0 fully saturated rings. The lowest BCUT2D eigenvalue weighted by Gasteiger charge is -2.24. The van der Waals surface area contributed by atoms with Gasteiger partial charge in [0.25, 0.3) is 0 Å². The first kappa shape index (κ1) is 15.9. The first-order valence-corrected chi connectivity index (χ1v) is 8.47. The number of methoxy groups -OCH3 is 2. The fraction of sp³-hybridized carbons (Fsp3) is 0.167. The maximum absolute atomic E-state index is 5.42. The van der Waals surface area contributed by atoms with Crippen molar-refractivity contribution in [1.29, 1.82) is 0 Å². The van der Waals surface area contributed by atoms with E-state index in [-0.39, 0.29) is 5.25 Å². The number of thioether (sulfide) groups is 1. The molecule has 0 spiro atoms. The summed E-state index contributed by atoms with van der Waals surface area (Å²) in [6, 6.07) is 16.2. The van der Waals surface area contributed by atoms with Gasteiger partial charge in [-0.1, -0.05) is 54.3 Å². The van der Waals surface area contributed by atoms with Crippen LogP contribution in [0.5, 0.6) is 11.5 Å². The normalized spacial score (nSPS) is 17.2. The van der Waals surface area contributed by atoms with Gasteiger partial charge in [-0.15, -0.1) is 0 Å². The lowest BCUT2D eigenvalue weighted by Crippen LogP contribution is -2.22. The Hall–Kier alpha value is -1.98. The highest BCUT2D eigenvalue weighted by molar-refractivity contribution is 8.23. The van der Waals surface area contributed by atoms with Gasteiger partial charge in [-0.25, -0.2) is 0 Å². The SMILES string of the molecule is COc1ccc(C2=CC(c3ccccc3)SC(=S)N2)cc1OC. The minimum atomic E-state index is 0.202. The van der Waals surface area contributed by atoms with Crippen molar-refractivity contribution in [3.8, 4) is 11.5 Å². The van der Waals surface area contributed by atoms with Crippen molar-refractivity contribution in [1.82, 2.24) is 5.32 Å². The predicted octanol–water partition coefficient (Wildman–Crippen LogP) is 4.41. The lowest BCUT2D eigenvalue weighted by molar-refractivity contribution is 0.355. The van der Waals surface area contributed by atoms with Gasteiger partial charge in [0.1, 0.15) is 4.32 Å². The first-order valence-electron chi connectivity index (χ1n) is 7.18. The van der Waals surface area contributed by atoms with Crippen LogP contribution in [0.1, 0.15) is 16.4 Å². The topological polar surface area (TPSA) is 30.5 Å². The van der Waals surface area contributed by atoms with E-state index in [2.05, 4.69) is 23.5 Å². The molecule has 3 nitrogen and oxygen atoms in total. The number of rotatable bonds is 4. The number of ether oxygens (including phenoxy) is 2. The molecule has 1 unspecified atom stereocenters. The second kappa shape index (κ2) is 7.06. The van der Waals surface area contributed by atoms with Crippen LogP contribution in [0.15, 0.2) is 54.6 Å². The van der Waals surface area contributed by atoms with Crippen molar-refractivity contribution in [2.75, 3.05) is 14.2 Å². The molecule has 23 heavy (non-hydrogen) atoms. The van der Waals surface area contributed by atoms with E-state index in [1.54, 1.807) is 26.0 Å². The molecule has 1 N–H and O–H groups in total. The quantitative estimate of drug-likeness (QED) is 0.831. The molecule has 0 saturated heterocycles. The van der Waals surface area contributed by atoms with Crippen LogP contribution in [-0.4, -0.2) is 18.5 Å². The van der Waals surface area contributed by atoms with E-state index < -0.39 is 0 Å². The lowest BCUT2D eigenvalue weighted by atomic mass is 10.1. The third-order valence-corrected chi connectivity index (χ3v) is 4.98. The van der Waals surface area contributed by atoms with Crippen molar-refractivity contribution in [2.45, 2.75) is 5.25 Å². The molecule has 2 aromatic carbocycles. The van der Waals surface area contributed by atoms with Crippen LogP contribution in [-0.2, 0) is 0 Å². The van der Waals surface area contributed by atoms with Crippen LogP contribution in [0.3, 0.4) is 0 Å². The van der Waals surface area contributed by atoms with E-state index in [4.69, 9.17) is 21.7 Å². The molecule has 0 radical (unpaired) electrons. The molecule has 0 bridgehead atoms. The number of hydrogen-bond donors (Lipinski definition) is 1. The molecule has 0 saturated carbocycles. The summed E-state index contributed by atoms with van der Waals surface area (Å²) >= 11 is 7.07.